The summed E-state index contributed by atoms with van der Waals surface area (Å²) in [6, 6.07) is 104. The summed E-state index contributed by atoms with van der Waals surface area (Å²) in [5.74, 6) is 3.85. The van der Waals surface area contributed by atoms with Crippen LogP contribution in [-0.2, 0) is 20.1 Å². The molecular formula is C93H74BBrFN8O2-. The predicted octanol–water partition coefficient (Wildman–Crippen LogP) is 22.6. The Morgan fingerprint density at radius 1 is 0.302 bits per heavy atom. The first-order valence-electron chi connectivity index (χ1n) is 35.1. The average molecular weight is 1450 g/mol. The molecule has 3 aliphatic rings. The van der Waals surface area contributed by atoms with Gasteiger partial charge in [-0.15, -0.1) is 0 Å². The molecule has 2 aromatic heterocycles. The highest BCUT2D eigenvalue weighted by Crippen LogP contribution is 2.51. The second-order valence-electron chi connectivity index (χ2n) is 28.5. The Morgan fingerprint density at radius 3 is 0.962 bits per heavy atom. The maximum Gasteiger partial charge on any atom is 0.494 e. The molecule has 12 aromatic carbocycles. The summed E-state index contributed by atoms with van der Waals surface area (Å²) in [6.07, 6.45) is 0. The molecule has 0 atom stereocenters. The number of rotatable bonds is 10. The van der Waals surface area contributed by atoms with E-state index in [1.54, 1.807) is 7.18 Å². The predicted molar refractivity (Wildman–Crippen MR) is 429 cm³/mol. The normalized spacial score (nSPS) is 14.0. The van der Waals surface area contributed by atoms with Crippen LogP contribution in [0.15, 0.2) is 296 Å². The van der Waals surface area contributed by atoms with Crippen LogP contribution < -0.4 is 5.46 Å². The van der Waals surface area contributed by atoms with Crippen LogP contribution in [0.5, 0.6) is 0 Å². The van der Waals surface area contributed by atoms with Gasteiger partial charge in [-0.25, -0.2) is 29.9 Å². The quantitative estimate of drug-likeness (QED) is 0.0959. The molecule has 516 valence electrons. The largest absolute Gasteiger partial charge is 0.494 e. The molecule has 1 fully saturated rings. The van der Waals surface area contributed by atoms with E-state index in [0.717, 1.165) is 76.7 Å². The summed E-state index contributed by atoms with van der Waals surface area (Å²) in [7, 11) is 1.39. The van der Waals surface area contributed by atoms with E-state index in [2.05, 4.69) is 229 Å². The van der Waals surface area contributed by atoms with E-state index in [1.807, 2.05) is 146 Å². The third-order valence-electron chi connectivity index (χ3n) is 20.5. The third kappa shape index (κ3) is 14.3. The molecule has 0 amide bonds. The first-order chi connectivity index (χ1) is 51.3. The zero-order valence-electron chi connectivity index (χ0n) is 60.1. The van der Waals surface area contributed by atoms with Gasteiger partial charge in [0.15, 0.2) is 34.9 Å². The first-order valence-corrected chi connectivity index (χ1v) is 35.9. The van der Waals surface area contributed by atoms with Crippen LogP contribution in [0, 0.1) is 29.8 Å². The molecule has 106 heavy (non-hydrogen) atoms. The van der Waals surface area contributed by atoms with Crippen molar-refractivity contribution in [2.75, 3.05) is 0 Å². The van der Waals surface area contributed by atoms with Crippen LogP contribution in [-0.4, -0.2) is 48.2 Å². The van der Waals surface area contributed by atoms with E-state index in [9.17, 15) is 14.9 Å². The summed E-state index contributed by atoms with van der Waals surface area (Å²) >= 11 is 3.55. The molecule has 2 aliphatic carbocycles. The molecule has 0 radical (unpaired) electrons. The molecule has 17 rings (SSSR count). The van der Waals surface area contributed by atoms with Crippen molar-refractivity contribution in [3.8, 4) is 136 Å². The van der Waals surface area contributed by atoms with Gasteiger partial charge in [-0.2, -0.15) is 17.7 Å². The fourth-order valence-electron chi connectivity index (χ4n) is 14.0. The lowest BCUT2D eigenvalue weighted by Gasteiger charge is -2.32. The Bertz CT molecular complexity index is 5690. The molecule has 14 aromatic rings. The van der Waals surface area contributed by atoms with Gasteiger partial charge in [0.2, 0.25) is 0 Å². The molecule has 0 N–H and O–H groups in total. The van der Waals surface area contributed by atoms with Crippen molar-refractivity contribution in [2.45, 2.75) is 77.4 Å². The Kier molecular flexibility index (Phi) is 19.9. The minimum Gasteiger partial charge on any atom is -0.463 e. The van der Waals surface area contributed by atoms with E-state index in [0.29, 0.717) is 46.1 Å². The van der Waals surface area contributed by atoms with Crippen LogP contribution in [0.1, 0.15) is 88.8 Å². The second kappa shape index (κ2) is 29.6. The lowest BCUT2D eigenvalue weighted by atomic mass is 9.74. The van der Waals surface area contributed by atoms with Crippen molar-refractivity contribution >= 4 is 28.5 Å². The van der Waals surface area contributed by atoms with E-state index >= 15 is 0 Å². The van der Waals surface area contributed by atoms with Crippen LogP contribution in [0.4, 0.5) is 4.39 Å². The summed E-state index contributed by atoms with van der Waals surface area (Å²) in [6.45, 7) is 17.2. The van der Waals surface area contributed by atoms with Crippen LogP contribution in [0.2, 0.25) is 0 Å². The molecule has 1 aliphatic heterocycles. The van der Waals surface area contributed by atoms with Gasteiger partial charge in [0.1, 0.15) is 0 Å². The summed E-state index contributed by atoms with van der Waals surface area (Å²) in [4.78, 5) is 29.4. The van der Waals surface area contributed by atoms with Gasteiger partial charge in [0.05, 0.1) is 34.5 Å². The molecule has 1 saturated heterocycles. The van der Waals surface area contributed by atoms with Crippen LogP contribution in [0.3, 0.4) is 0 Å². The maximum atomic E-state index is 9.53. The maximum absolute atomic E-state index is 9.53. The van der Waals surface area contributed by atoms with Crippen molar-refractivity contribution in [3.05, 3.63) is 336 Å². The summed E-state index contributed by atoms with van der Waals surface area (Å²) in [5, 5.41) is 18.8. The van der Waals surface area contributed by atoms with Crippen molar-refractivity contribution in [1.29, 1.82) is 10.5 Å². The van der Waals surface area contributed by atoms with E-state index in [1.165, 1.54) is 44.5 Å². The molecule has 13 heteroatoms. The van der Waals surface area contributed by atoms with Crippen molar-refractivity contribution < 1.29 is 13.7 Å². The van der Waals surface area contributed by atoms with Crippen LogP contribution >= 0.6 is 15.9 Å². The summed E-state index contributed by atoms with van der Waals surface area (Å²) in [5.41, 5.74) is 23.6. The van der Waals surface area contributed by atoms with Gasteiger partial charge in [-0.1, -0.05) is 274 Å². The topological polar surface area (TPSA) is 143 Å². The highest BCUT2D eigenvalue weighted by atomic mass is 79.9. The minimum atomic E-state index is -0.362. The number of fused-ring (bicyclic) bond motifs is 6. The number of hydrogen-bond donors (Lipinski definition) is 0. The first kappa shape index (κ1) is 71.0. The third-order valence-corrected chi connectivity index (χ3v) is 21.0. The zero-order valence-corrected chi connectivity index (χ0v) is 61.7. The fourth-order valence-corrected chi connectivity index (χ4v) is 14.4. The van der Waals surface area contributed by atoms with E-state index < -0.39 is 0 Å². The number of aromatic nitrogens is 6. The highest BCUT2D eigenvalue weighted by Gasteiger charge is 2.52. The Morgan fingerprint density at radius 2 is 0.585 bits per heavy atom. The van der Waals surface area contributed by atoms with Gasteiger partial charge in [-0.05, 0) is 172 Å². The molecule has 0 spiro atoms. The molecule has 0 bridgehead atoms. The van der Waals surface area contributed by atoms with Crippen molar-refractivity contribution in [1.82, 2.24) is 29.9 Å². The van der Waals surface area contributed by atoms with Gasteiger partial charge >= 0.3 is 7.12 Å². The Hall–Kier alpha value is -12.0. The van der Waals surface area contributed by atoms with Crippen molar-refractivity contribution in [2.24, 2.45) is 0 Å². The number of nitriles is 2. The smallest absolute Gasteiger partial charge is 0.463 e. The summed E-state index contributed by atoms with van der Waals surface area (Å²) < 4.78 is 22.7. The average Bonchev–Trinajstić information content (AvgIpc) is 1.58. The SMILES string of the molecule is Brc1cccc(-c2nc(-c3ccccc3)nc(-c3cccc(-c4ccccc4)c3)n2)c1.CC1(C)c2cc(C#N)ccc2-c2ccc(-c3cccc(-c4nc(-c5ccccc5)nc(-c5cccc(-c6ccccc6)c5)n4)c3)cc21.CC1(C)c2cc(C#N)ccc2-c2ccc(B3OC(C)(C)C(C)(C)O3)cc21.[CH2-]F. The molecule has 10 nitrogen and oxygen atoms in total. The highest BCUT2D eigenvalue weighted by molar-refractivity contribution is 9.10. The van der Waals surface area contributed by atoms with Gasteiger partial charge in [0.25, 0.3) is 0 Å². The van der Waals surface area contributed by atoms with Gasteiger partial charge in [0, 0.05) is 48.7 Å². The Balaban J connectivity index is 0.000000139. The number of benzene rings is 12. The standard InChI is InChI=1S/C43H30N4.C27H18BrN3.C22H24BNO2.CH2F/c1-43(2)38-23-28(27-44)19-21-36(38)37-22-20-33(26-39(37)43)32-16-10-18-35(25-32)42-46-40(30-13-7-4-8-14-30)45-41(47-42)34-17-9-15-31(24-34)29-11-5-3-6-12-29;28-24-16-8-15-23(18-24)27-30-25(20-11-5-2-6-12-20)29-26(31-27)22-14-7-13-21(17-22)19-9-3-1-4-10-19;1-20(2)18-11-14(13-24)7-9-16(18)17-10-8-15(12-19(17)20)23-25-21(3,4)22(5,6)26-23;1-2/h3-26H,1-2H3;1-18H;7-12H,1-6H3;1H2/q;;;-1. The lowest BCUT2D eigenvalue weighted by molar-refractivity contribution is 0.00578. The fraction of sp³-hybridized carbons (Fsp3) is 0.129. The minimum absolute atomic E-state index is 0.156. The van der Waals surface area contributed by atoms with E-state index in [4.69, 9.17) is 39.2 Å². The number of nitrogens with zero attached hydrogens (tertiary/aromatic N) is 8. The molecule has 0 saturated carbocycles. The molecule has 3 heterocycles. The van der Waals surface area contributed by atoms with E-state index in [-0.39, 0.29) is 29.2 Å². The number of hydrogen-bond acceptors (Lipinski definition) is 10. The van der Waals surface area contributed by atoms with Gasteiger partial charge < -0.3 is 13.7 Å². The van der Waals surface area contributed by atoms with Crippen molar-refractivity contribution in [3.63, 3.8) is 0 Å². The lowest BCUT2D eigenvalue weighted by Crippen LogP contribution is -2.41. The van der Waals surface area contributed by atoms with Gasteiger partial charge in [-0.3, -0.25) is 0 Å². The molecular weight excluding hydrogens is 1370 g/mol. The zero-order chi connectivity index (χ0) is 73.9. The Labute approximate surface area is 628 Å². The number of halogens is 2. The second-order valence-corrected chi connectivity index (χ2v) is 29.4. The van der Waals surface area contributed by atoms with Crippen LogP contribution in [0.25, 0.3) is 124 Å². The molecule has 0 unspecified atom stereocenters. The monoisotopic (exact) mass is 1440 g/mol.